The van der Waals surface area contributed by atoms with Crippen LogP contribution in [0.3, 0.4) is 0 Å². The summed E-state index contributed by atoms with van der Waals surface area (Å²) in [5.74, 6) is -1.28. The summed E-state index contributed by atoms with van der Waals surface area (Å²) in [7, 11) is 3.21. The summed E-state index contributed by atoms with van der Waals surface area (Å²) in [5.41, 5.74) is 0. The fourth-order valence-electron chi connectivity index (χ4n) is 3.16. The minimum Gasteiger partial charge on any atom is -0.469 e. The lowest BCUT2D eigenvalue weighted by Crippen LogP contribution is -2.49. The summed E-state index contributed by atoms with van der Waals surface area (Å²) in [6.45, 7) is 2.80. The van der Waals surface area contributed by atoms with Crippen molar-refractivity contribution in [2.24, 2.45) is 0 Å². The van der Waals surface area contributed by atoms with Gasteiger partial charge in [-0.15, -0.1) is 33.2 Å². The van der Waals surface area contributed by atoms with Gasteiger partial charge in [0.15, 0.2) is 0 Å². The number of rotatable bonds is 21. The molecule has 0 spiro atoms. The standard InChI is InChI=1S/C13H27NO7Si.C10H18Cl3NO4Si.CH3F/c1-19-12(17)4-6-14(7-5-13(18)20-2)8-9-22(10-15,11-16)21-3;1-17-9(15)3-5-14(6-4-10(16)18-2)7-8-19(11,12)13;1-2/h15-16H,4-11H2,1-3H3;3-8H2,1-2H3;1H3/i;;1D. The van der Waals surface area contributed by atoms with E-state index in [4.69, 9.17) is 39.0 Å². The largest absolute Gasteiger partial charge is 0.469 e. The number of aliphatic hydroxyl groups is 2. The number of nitrogens with zero attached hydrogens (tertiary/aromatic N) is 2. The number of carbonyl (C=O) groups is 4. The first-order valence-corrected chi connectivity index (χ1v) is 20.8. The number of hydrogen-bond acceptors (Lipinski definition) is 13. The molecule has 0 radical (unpaired) electrons. The number of carbonyl (C=O) groups excluding carboxylic acids is 4. The molecule has 0 aliphatic rings. The molecule has 0 unspecified atom stereocenters. The lowest BCUT2D eigenvalue weighted by Gasteiger charge is -2.29. The van der Waals surface area contributed by atoms with Crippen molar-refractivity contribution in [2.75, 3.05) is 94.4 Å². The average molecular weight is 723 g/mol. The van der Waals surface area contributed by atoms with Gasteiger partial charge >= 0.3 is 29.9 Å². The Labute approximate surface area is 271 Å². The molecule has 0 aromatic heterocycles. The van der Waals surface area contributed by atoms with Crippen LogP contribution < -0.4 is 0 Å². The van der Waals surface area contributed by atoms with Crippen molar-refractivity contribution in [3.8, 4) is 0 Å². The van der Waals surface area contributed by atoms with E-state index >= 15 is 0 Å². The Balaban J connectivity index is -0.000000707. The van der Waals surface area contributed by atoms with Gasteiger partial charge in [-0.25, -0.2) is 0 Å². The molecule has 0 saturated carbocycles. The lowest BCUT2D eigenvalue weighted by molar-refractivity contribution is -0.142. The highest BCUT2D eigenvalue weighted by Gasteiger charge is 2.33. The molecular weight excluding hydrogens is 674 g/mol. The van der Waals surface area contributed by atoms with Gasteiger partial charge in [0.1, 0.15) is 0 Å². The molecule has 2 N–H and O–H groups in total. The Bertz CT molecular complexity index is 742. The maximum atomic E-state index is 11.2. The SMILES string of the molecule is COC(=O)CCN(CCC(=O)OC)CC[Si](CO)(CO)OC.COC(=O)CCN(CCC(=O)OC)CC[Si](Cl)(Cl)Cl.[2H]CF. The Morgan fingerprint density at radius 3 is 1.14 bits per heavy atom. The molecule has 0 bridgehead atoms. The molecule has 0 atom stereocenters. The maximum Gasteiger partial charge on any atom is 0.342 e. The third kappa shape index (κ3) is 27.0. The summed E-state index contributed by atoms with van der Waals surface area (Å²) in [6.07, 6.45) is 0.525. The Morgan fingerprint density at radius 2 is 0.930 bits per heavy atom. The van der Waals surface area contributed by atoms with Crippen molar-refractivity contribution in [2.45, 2.75) is 37.8 Å². The lowest BCUT2D eigenvalue weighted by atomic mass is 10.3. The van der Waals surface area contributed by atoms with E-state index in [1.165, 1.54) is 35.5 Å². The average Bonchev–Trinajstić information content (AvgIpc) is 3.01. The van der Waals surface area contributed by atoms with E-state index in [1.807, 2.05) is 9.80 Å². The molecule has 0 aromatic carbocycles. The van der Waals surface area contributed by atoms with Gasteiger partial charge in [0.05, 0.1) is 75.1 Å². The first kappa shape index (κ1) is 44.0. The first-order valence-electron chi connectivity index (χ1n) is 13.8. The highest BCUT2D eigenvalue weighted by Crippen LogP contribution is 2.25. The van der Waals surface area contributed by atoms with E-state index in [0.717, 1.165) is 0 Å². The van der Waals surface area contributed by atoms with E-state index < -0.39 is 21.5 Å². The van der Waals surface area contributed by atoms with Crippen LogP contribution in [-0.2, 0) is 42.6 Å². The molecule has 256 valence electrons. The number of alkyl halides is 1. The van der Waals surface area contributed by atoms with Crippen molar-refractivity contribution in [1.82, 2.24) is 9.80 Å². The van der Waals surface area contributed by atoms with E-state index in [-0.39, 0.29) is 62.0 Å². The monoisotopic (exact) mass is 721 g/mol. The van der Waals surface area contributed by atoms with Crippen LogP contribution in [0.4, 0.5) is 4.39 Å². The van der Waals surface area contributed by atoms with Gasteiger partial charge in [0.25, 0.3) is 0 Å². The van der Waals surface area contributed by atoms with Crippen molar-refractivity contribution in [3.63, 3.8) is 0 Å². The second-order valence-corrected chi connectivity index (χ2v) is 22.0. The Morgan fingerprint density at radius 1 is 0.651 bits per heavy atom. The number of ether oxygens (including phenoxy) is 4. The fourth-order valence-corrected chi connectivity index (χ4v) is 6.10. The van der Waals surface area contributed by atoms with E-state index in [1.54, 1.807) is 0 Å². The zero-order valence-corrected chi connectivity index (χ0v) is 29.8. The molecule has 0 heterocycles. The fraction of sp³-hybridized carbons (Fsp3) is 0.833. The third-order valence-electron chi connectivity index (χ3n) is 6.04. The quantitative estimate of drug-likeness (QED) is 0.0764. The topological polar surface area (TPSA) is 161 Å². The highest BCUT2D eigenvalue weighted by molar-refractivity contribution is 7.64. The predicted molar refractivity (Wildman–Crippen MR) is 166 cm³/mol. The van der Waals surface area contributed by atoms with Crippen LogP contribution in [0, 0.1) is 0 Å². The molecule has 19 heteroatoms. The molecular formula is C24H48Cl3FN2O11Si2. The van der Waals surface area contributed by atoms with Gasteiger partial charge in [0.2, 0.25) is 8.32 Å². The van der Waals surface area contributed by atoms with Gasteiger partial charge in [-0.1, -0.05) is 0 Å². The molecule has 0 aliphatic carbocycles. The summed E-state index contributed by atoms with van der Waals surface area (Å²) in [4.78, 5) is 48.5. The van der Waals surface area contributed by atoms with Gasteiger partial charge in [-0.2, -0.15) is 0 Å². The summed E-state index contributed by atoms with van der Waals surface area (Å²) in [6, 6.07) is -1.76. The summed E-state index contributed by atoms with van der Waals surface area (Å²) >= 11 is 17.5. The van der Waals surface area contributed by atoms with Crippen molar-refractivity contribution < 1.29 is 58.5 Å². The van der Waals surface area contributed by atoms with Crippen LogP contribution in [0.2, 0.25) is 12.1 Å². The number of esters is 4. The second-order valence-electron chi connectivity index (χ2n) is 8.81. The smallest absolute Gasteiger partial charge is 0.342 e. The molecule has 0 rings (SSSR count). The number of halogens is 4. The summed E-state index contributed by atoms with van der Waals surface area (Å²) < 4.78 is 39.1. The van der Waals surface area contributed by atoms with Crippen LogP contribution in [0.5, 0.6) is 0 Å². The highest BCUT2D eigenvalue weighted by atomic mass is 35.8. The van der Waals surface area contributed by atoms with Gasteiger partial charge in [0, 0.05) is 33.3 Å². The van der Waals surface area contributed by atoms with E-state index in [2.05, 4.69) is 18.9 Å². The van der Waals surface area contributed by atoms with Crippen LogP contribution in [0.25, 0.3) is 0 Å². The second kappa shape index (κ2) is 28.4. The molecule has 0 amide bonds. The molecule has 13 nitrogen and oxygen atoms in total. The van der Waals surface area contributed by atoms with Crippen LogP contribution in [0.15, 0.2) is 0 Å². The first-order chi connectivity index (χ1) is 20.7. The minimum atomic E-state index is -2.71. The van der Waals surface area contributed by atoms with Crippen molar-refractivity contribution >= 4 is 71.4 Å². The molecule has 0 aromatic rings. The Hall–Kier alpha value is -1.09. The molecule has 0 fully saturated rings. The number of methoxy groups -OCH3 is 4. The summed E-state index contributed by atoms with van der Waals surface area (Å²) in [5, 5.41) is 18.8. The van der Waals surface area contributed by atoms with Crippen LogP contribution in [-0.4, -0.2) is 153 Å². The van der Waals surface area contributed by atoms with Gasteiger partial charge in [-0.3, -0.25) is 23.6 Å². The molecule has 0 aliphatic heterocycles. The van der Waals surface area contributed by atoms with E-state index in [9.17, 15) is 33.8 Å². The normalized spacial score (nSPS) is 11.4. The van der Waals surface area contributed by atoms with Crippen molar-refractivity contribution in [3.05, 3.63) is 0 Å². The van der Waals surface area contributed by atoms with Crippen LogP contribution >= 0.6 is 33.2 Å². The van der Waals surface area contributed by atoms with Crippen molar-refractivity contribution in [1.29, 1.82) is 0 Å². The van der Waals surface area contributed by atoms with E-state index in [0.29, 0.717) is 51.4 Å². The van der Waals surface area contributed by atoms with Crippen LogP contribution in [0.1, 0.15) is 27.1 Å². The molecule has 0 saturated heterocycles. The molecule has 43 heavy (non-hydrogen) atoms. The third-order valence-corrected chi connectivity index (χ3v) is 11.7. The Kier molecular flexibility index (Phi) is 29.1. The zero-order valence-electron chi connectivity index (χ0n) is 26.6. The zero-order chi connectivity index (χ0) is 34.6. The van der Waals surface area contributed by atoms with Gasteiger partial charge in [-0.05, 0) is 25.2 Å². The number of aliphatic hydroxyl groups excluding tert-OH is 2. The number of hydrogen-bond donors (Lipinski definition) is 2. The predicted octanol–water partition coefficient (Wildman–Crippen LogP) is 1.73. The van der Waals surface area contributed by atoms with Gasteiger partial charge < -0.3 is 43.4 Å². The minimum absolute atomic E-state index is 0.179. The maximum absolute atomic E-state index is 11.2.